The molecule has 2 amide bonds. The van der Waals surface area contributed by atoms with Gasteiger partial charge in [0.1, 0.15) is 6.04 Å². The van der Waals surface area contributed by atoms with Crippen LogP contribution in [0.5, 0.6) is 0 Å². The Balaban J connectivity index is 2.47. The van der Waals surface area contributed by atoms with Crippen molar-refractivity contribution in [2.75, 3.05) is 13.1 Å². The smallest absolute Gasteiger partial charge is 0.326 e. The molecule has 0 bridgehead atoms. The minimum atomic E-state index is -1.21. The molecule has 0 aliphatic carbocycles. The van der Waals surface area contributed by atoms with E-state index in [1.165, 1.54) is 0 Å². The highest BCUT2D eigenvalue weighted by molar-refractivity contribution is 5.83. The maximum atomic E-state index is 11.9. The van der Waals surface area contributed by atoms with Crippen molar-refractivity contribution in [2.45, 2.75) is 38.6 Å². The summed E-state index contributed by atoms with van der Waals surface area (Å²) in [5, 5.41) is 19.9. The fourth-order valence-corrected chi connectivity index (χ4v) is 2.12. The van der Waals surface area contributed by atoms with Gasteiger partial charge in [0.05, 0.1) is 0 Å². The average Bonchev–Trinajstić information content (AvgIpc) is 2.82. The molecule has 1 unspecified atom stereocenters. The predicted octanol–water partition coefficient (Wildman–Crippen LogP) is 0.746. The van der Waals surface area contributed by atoms with E-state index >= 15 is 0 Å². The lowest BCUT2D eigenvalue weighted by molar-refractivity contribution is -0.140. The molecule has 19 heavy (non-hydrogen) atoms. The first-order valence-corrected chi connectivity index (χ1v) is 6.44. The van der Waals surface area contributed by atoms with Gasteiger partial charge in [-0.25, -0.2) is 9.59 Å². The van der Waals surface area contributed by atoms with E-state index in [9.17, 15) is 14.4 Å². The summed E-state index contributed by atoms with van der Waals surface area (Å²) in [7, 11) is 0. The van der Waals surface area contributed by atoms with Gasteiger partial charge in [0.2, 0.25) is 0 Å². The molecule has 0 radical (unpaired) electrons. The van der Waals surface area contributed by atoms with Gasteiger partial charge in [-0.1, -0.05) is 13.3 Å². The van der Waals surface area contributed by atoms with Gasteiger partial charge in [-0.3, -0.25) is 4.79 Å². The van der Waals surface area contributed by atoms with Crippen LogP contribution in [-0.4, -0.2) is 52.2 Å². The lowest BCUT2D eigenvalue weighted by Gasteiger charge is -2.20. The van der Waals surface area contributed by atoms with E-state index in [4.69, 9.17) is 10.2 Å². The third-order valence-corrected chi connectivity index (χ3v) is 3.39. The van der Waals surface area contributed by atoms with Gasteiger partial charge < -0.3 is 20.4 Å². The molecule has 2 atom stereocenters. The number of amides is 2. The van der Waals surface area contributed by atoms with Crippen molar-refractivity contribution < 1.29 is 24.6 Å². The number of aliphatic carboxylic acids is 2. The van der Waals surface area contributed by atoms with Crippen molar-refractivity contribution in [2.24, 2.45) is 5.92 Å². The average molecular weight is 272 g/mol. The highest BCUT2D eigenvalue weighted by Gasteiger charge is 2.28. The van der Waals surface area contributed by atoms with Gasteiger partial charge in [0.25, 0.3) is 0 Å². The molecule has 0 aromatic rings. The van der Waals surface area contributed by atoms with E-state index in [2.05, 4.69) is 12.2 Å². The number of carbonyl (C=O) groups excluding carboxylic acids is 1. The number of carboxylic acids is 2. The highest BCUT2D eigenvalue weighted by atomic mass is 16.4. The Morgan fingerprint density at radius 3 is 2.53 bits per heavy atom. The molecule has 3 N–H and O–H groups in total. The summed E-state index contributed by atoms with van der Waals surface area (Å²) in [5.41, 5.74) is 0. The van der Waals surface area contributed by atoms with E-state index in [-0.39, 0.29) is 12.8 Å². The number of nitrogens with one attached hydrogen (secondary N) is 1. The van der Waals surface area contributed by atoms with E-state index in [0.717, 1.165) is 12.8 Å². The Morgan fingerprint density at radius 1 is 1.37 bits per heavy atom. The Morgan fingerprint density at radius 2 is 2.05 bits per heavy atom. The maximum Gasteiger partial charge on any atom is 0.326 e. The first kappa shape index (κ1) is 15.3. The van der Waals surface area contributed by atoms with Crippen LogP contribution in [-0.2, 0) is 9.59 Å². The quantitative estimate of drug-likeness (QED) is 0.661. The second kappa shape index (κ2) is 6.96. The Bertz CT molecular complexity index is 358. The molecule has 0 spiro atoms. The van der Waals surface area contributed by atoms with Crippen molar-refractivity contribution >= 4 is 18.0 Å². The fraction of sp³-hybridized carbons (Fsp3) is 0.750. The van der Waals surface area contributed by atoms with Gasteiger partial charge in [-0.15, -0.1) is 0 Å². The van der Waals surface area contributed by atoms with Crippen LogP contribution in [0, 0.1) is 5.92 Å². The minimum absolute atomic E-state index is 0.110. The van der Waals surface area contributed by atoms with Gasteiger partial charge >= 0.3 is 18.0 Å². The van der Waals surface area contributed by atoms with Crippen molar-refractivity contribution in [3.63, 3.8) is 0 Å². The third kappa shape index (κ3) is 4.76. The number of carboxylic acid groups (broad SMARTS) is 2. The first-order chi connectivity index (χ1) is 8.93. The largest absolute Gasteiger partial charge is 0.481 e. The highest BCUT2D eigenvalue weighted by Crippen LogP contribution is 2.19. The van der Waals surface area contributed by atoms with Crippen LogP contribution in [0.4, 0.5) is 4.79 Å². The second-order valence-corrected chi connectivity index (χ2v) is 4.78. The number of carbonyl (C=O) groups is 3. The monoisotopic (exact) mass is 272 g/mol. The molecule has 1 saturated heterocycles. The van der Waals surface area contributed by atoms with Gasteiger partial charge in [0.15, 0.2) is 0 Å². The number of hydrogen-bond acceptors (Lipinski definition) is 3. The first-order valence-electron chi connectivity index (χ1n) is 6.44. The van der Waals surface area contributed by atoms with Crippen LogP contribution in [0.3, 0.4) is 0 Å². The van der Waals surface area contributed by atoms with Gasteiger partial charge in [0, 0.05) is 19.5 Å². The van der Waals surface area contributed by atoms with Crippen molar-refractivity contribution in [1.29, 1.82) is 0 Å². The number of hydrogen-bond donors (Lipinski definition) is 3. The second-order valence-electron chi connectivity index (χ2n) is 4.78. The standard InChI is InChI=1S/C12H20N2O5/c1-2-8-5-6-14(7-8)12(19)13-9(11(17)18)3-4-10(15)16/h8-9H,2-7H2,1H3,(H,13,19)(H,15,16)(H,17,18)/t8?,9-/m0/s1. The van der Waals surface area contributed by atoms with Crippen LogP contribution in [0.25, 0.3) is 0 Å². The van der Waals surface area contributed by atoms with Gasteiger partial charge in [-0.05, 0) is 18.8 Å². The summed E-state index contributed by atoms with van der Waals surface area (Å²) >= 11 is 0. The Hall–Kier alpha value is -1.79. The normalized spacial score (nSPS) is 20.1. The molecule has 7 heteroatoms. The van der Waals surface area contributed by atoms with E-state index in [1.807, 2.05) is 0 Å². The molecule has 0 aromatic heterocycles. The number of nitrogens with zero attached hydrogens (tertiary/aromatic N) is 1. The SMILES string of the molecule is CCC1CCN(C(=O)N[C@@H](CCC(=O)O)C(=O)O)C1. The Kier molecular flexibility index (Phi) is 5.59. The molecular weight excluding hydrogens is 252 g/mol. The van der Waals surface area contributed by atoms with Crippen molar-refractivity contribution in [3.05, 3.63) is 0 Å². The molecule has 0 saturated carbocycles. The zero-order chi connectivity index (χ0) is 14.4. The summed E-state index contributed by atoms with van der Waals surface area (Å²) in [6.45, 7) is 3.31. The molecule has 1 rings (SSSR count). The molecule has 1 aliphatic rings. The van der Waals surface area contributed by atoms with Gasteiger partial charge in [-0.2, -0.15) is 0 Å². The predicted molar refractivity (Wildman–Crippen MR) is 66.8 cm³/mol. The summed E-state index contributed by atoms with van der Waals surface area (Å²) in [5.74, 6) is -1.82. The zero-order valence-electron chi connectivity index (χ0n) is 11.0. The minimum Gasteiger partial charge on any atom is -0.481 e. The van der Waals surface area contributed by atoms with Crippen molar-refractivity contribution in [1.82, 2.24) is 10.2 Å². The summed E-state index contributed by atoms with van der Waals surface area (Å²) < 4.78 is 0. The van der Waals surface area contributed by atoms with E-state index < -0.39 is 24.0 Å². The maximum absolute atomic E-state index is 11.9. The molecule has 1 aliphatic heterocycles. The van der Waals surface area contributed by atoms with Crippen LogP contribution in [0.2, 0.25) is 0 Å². The molecule has 0 aromatic carbocycles. The summed E-state index contributed by atoms with van der Waals surface area (Å²) in [6, 6.07) is -1.57. The van der Waals surface area contributed by atoms with E-state index in [1.54, 1.807) is 4.90 Å². The van der Waals surface area contributed by atoms with Crippen LogP contribution in [0.15, 0.2) is 0 Å². The lowest BCUT2D eigenvalue weighted by atomic mass is 10.1. The zero-order valence-corrected chi connectivity index (χ0v) is 11.0. The summed E-state index contributed by atoms with van der Waals surface area (Å²) in [4.78, 5) is 34.8. The number of rotatable bonds is 6. The van der Waals surface area contributed by atoms with Crippen molar-refractivity contribution in [3.8, 4) is 0 Å². The van der Waals surface area contributed by atoms with Crippen LogP contribution >= 0.6 is 0 Å². The molecular formula is C12H20N2O5. The Labute approximate surface area is 111 Å². The lowest BCUT2D eigenvalue weighted by Crippen LogP contribution is -2.47. The molecule has 1 heterocycles. The number of urea groups is 1. The summed E-state index contributed by atoms with van der Waals surface area (Å²) in [6.07, 6.45) is 1.53. The third-order valence-electron chi connectivity index (χ3n) is 3.39. The molecule has 108 valence electrons. The molecule has 1 fully saturated rings. The fourth-order valence-electron chi connectivity index (χ4n) is 2.12. The number of likely N-dealkylation sites (tertiary alicyclic amines) is 1. The van der Waals surface area contributed by atoms with Crippen LogP contribution < -0.4 is 5.32 Å². The van der Waals surface area contributed by atoms with Crippen LogP contribution in [0.1, 0.15) is 32.6 Å². The topological polar surface area (TPSA) is 107 Å². The van der Waals surface area contributed by atoms with E-state index in [0.29, 0.717) is 19.0 Å². The molecule has 7 nitrogen and oxygen atoms in total.